The van der Waals surface area contributed by atoms with Gasteiger partial charge in [-0.25, -0.2) is 0 Å². The van der Waals surface area contributed by atoms with Crippen molar-refractivity contribution in [3.8, 4) is 0 Å². The number of furan rings is 1. The van der Waals surface area contributed by atoms with Crippen LogP contribution in [0.5, 0.6) is 0 Å². The number of aryl methyl sites for hydroxylation is 1. The molecule has 1 aliphatic heterocycles. The second kappa shape index (κ2) is 5.74. The van der Waals surface area contributed by atoms with Crippen LogP contribution in [-0.2, 0) is 6.54 Å². The van der Waals surface area contributed by atoms with Gasteiger partial charge in [-0.2, -0.15) is 5.10 Å². The van der Waals surface area contributed by atoms with Crippen molar-refractivity contribution in [2.24, 2.45) is 0 Å². The molecule has 120 valence electrons. The van der Waals surface area contributed by atoms with Gasteiger partial charge in [0.25, 0.3) is 0 Å². The molecule has 0 bridgehead atoms. The lowest BCUT2D eigenvalue weighted by Gasteiger charge is -2.32. The number of rotatable bonds is 3. The average molecular weight is 310 g/mol. The van der Waals surface area contributed by atoms with Gasteiger partial charge in [-0.15, -0.1) is 0 Å². The van der Waals surface area contributed by atoms with E-state index in [0.717, 1.165) is 48.8 Å². The predicted molar refractivity (Wildman–Crippen MR) is 91.2 cm³/mol. The number of aromatic amines is 1. The lowest BCUT2D eigenvalue weighted by Crippen LogP contribution is -2.34. The zero-order valence-corrected chi connectivity index (χ0v) is 13.4. The quantitative estimate of drug-likeness (QED) is 0.777. The molecule has 1 aromatic carbocycles. The third-order valence-corrected chi connectivity index (χ3v) is 4.90. The normalized spacial score (nSPS) is 19.4. The van der Waals surface area contributed by atoms with E-state index in [1.165, 1.54) is 17.4 Å². The maximum Gasteiger partial charge on any atom is 0.134 e. The van der Waals surface area contributed by atoms with Gasteiger partial charge >= 0.3 is 0 Å². The van der Waals surface area contributed by atoms with E-state index in [9.17, 15) is 0 Å². The number of benzene rings is 1. The molecule has 4 rings (SSSR count). The van der Waals surface area contributed by atoms with E-state index < -0.39 is 0 Å². The van der Waals surface area contributed by atoms with Crippen LogP contribution in [0.3, 0.4) is 0 Å². The zero-order valence-electron chi connectivity index (χ0n) is 13.4. The Bertz CT molecular complexity index is 819. The van der Waals surface area contributed by atoms with E-state index in [-0.39, 0.29) is 0 Å². The van der Waals surface area contributed by atoms with Crippen LogP contribution >= 0.6 is 0 Å². The summed E-state index contributed by atoms with van der Waals surface area (Å²) in [7, 11) is 0. The number of para-hydroxylation sites is 1. The minimum Gasteiger partial charge on any atom is -0.461 e. The molecule has 23 heavy (non-hydrogen) atoms. The molecule has 2 aromatic heterocycles. The predicted octanol–water partition coefficient (Wildman–Crippen LogP) is 3.43. The summed E-state index contributed by atoms with van der Waals surface area (Å²) in [5, 5.41) is 8.37. The fourth-order valence-corrected chi connectivity index (χ4v) is 3.71. The molecule has 5 heteroatoms. The highest BCUT2D eigenvalue weighted by Gasteiger charge is 2.25. The molecule has 0 aliphatic carbocycles. The van der Waals surface area contributed by atoms with E-state index in [4.69, 9.17) is 10.2 Å². The smallest absolute Gasteiger partial charge is 0.134 e. The first-order chi connectivity index (χ1) is 11.2. The van der Waals surface area contributed by atoms with Gasteiger partial charge in [0.1, 0.15) is 11.3 Å². The number of hydrogen-bond acceptors (Lipinski definition) is 4. The molecule has 3 heterocycles. The van der Waals surface area contributed by atoms with Crippen molar-refractivity contribution in [2.45, 2.75) is 32.2 Å². The maximum absolute atomic E-state index is 6.02. The fraction of sp³-hybridized carbons (Fsp3) is 0.389. The minimum atomic E-state index is 0.435. The zero-order chi connectivity index (χ0) is 15.8. The van der Waals surface area contributed by atoms with E-state index in [2.05, 4.69) is 34.2 Å². The number of H-pyrrole nitrogens is 1. The fourth-order valence-electron chi connectivity index (χ4n) is 3.71. The number of anilines is 1. The Balaban J connectivity index is 1.56. The summed E-state index contributed by atoms with van der Waals surface area (Å²) in [6.07, 6.45) is 4.05. The van der Waals surface area contributed by atoms with Gasteiger partial charge in [-0.05, 0) is 32.4 Å². The molecule has 0 amide bonds. The van der Waals surface area contributed by atoms with Crippen LogP contribution in [0.1, 0.15) is 35.8 Å². The Morgan fingerprint density at radius 2 is 2.26 bits per heavy atom. The number of nitrogens with two attached hydrogens (primary N) is 1. The van der Waals surface area contributed by atoms with Crippen LogP contribution in [0.4, 0.5) is 5.69 Å². The summed E-state index contributed by atoms with van der Waals surface area (Å²) in [5.41, 5.74) is 10.2. The summed E-state index contributed by atoms with van der Waals surface area (Å²) in [6, 6.07) is 8.28. The molecule has 5 nitrogen and oxygen atoms in total. The summed E-state index contributed by atoms with van der Waals surface area (Å²) < 4.78 is 5.90. The molecule has 1 saturated heterocycles. The molecule has 0 radical (unpaired) electrons. The second-order valence-electron chi connectivity index (χ2n) is 6.45. The summed E-state index contributed by atoms with van der Waals surface area (Å²) in [5.74, 6) is 1.46. The van der Waals surface area contributed by atoms with Crippen LogP contribution in [0.2, 0.25) is 0 Å². The van der Waals surface area contributed by atoms with Crippen molar-refractivity contribution < 1.29 is 4.42 Å². The number of nitrogens with zero attached hydrogens (tertiary/aromatic N) is 2. The molecule has 0 spiro atoms. The highest BCUT2D eigenvalue weighted by Crippen LogP contribution is 2.32. The molecule has 1 unspecified atom stereocenters. The Labute approximate surface area is 135 Å². The van der Waals surface area contributed by atoms with Gasteiger partial charge in [0.15, 0.2) is 0 Å². The SMILES string of the molecule is Cc1oc2ccccc2c1CN1CCCC(c2[nH]ncc2N)C1. The van der Waals surface area contributed by atoms with E-state index in [1.54, 1.807) is 6.20 Å². The Kier molecular flexibility index (Phi) is 3.58. The lowest BCUT2D eigenvalue weighted by molar-refractivity contribution is 0.198. The molecular weight excluding hydrogens is 288 g/mol. The first-order valence-electron chi connectivity index (χ1n) is 8.20. The van der Waals surface area contributed by atoms with Crippen molar-refractivity contribution >= 4 is 16.7 Å². The summed E-state index contributed by atoms with van der Waals surface area (Å²) >= 11 is 0. The molecule has 1 aliphatic rings. The number of fused-ring (bicyclic) bond motifs is 1. The van der Waals surface area contributed by atoms with Crippen molar-refractivity contribution in [1.29, 1.82) is 0 Å². The van der Waals surface area contributed by atoms with Gasteiger partial charge in [-0.3, -0.25) is 10.00 Å². The van der Waals surface area contributed by atoms with Crippen LogP contribution in [0.25, 0.3) is 11.0 Å². The van der Waals surface area contributed by atoms with Crippen LogP contribution in [-0.4, -0.2) is 28.2 Å². The molecule has 1 fully saturated rings. The standard InChI is InChI=1S/C18H22N4O/c1-12-15(14-6-2-3-7-17(14)23-12)11-22-8-4-5-13(10-22)18-16(19)9-20-21-18/h2-3,6-7,9,13H,4-5,8,10-11,19H2,1H3,(H,20,21). The average Bonchev–Trinajstić information content (AvgIpc) is 3.12. The molecule has 0 saturated carbocycles. The first-order valence-corrected chi connectivity index (χ1v) is 8.20. The van der Waals surface area contributed by atoms with Crippen molar-refractivity contribution in [2.75, 3.05) is 18.8 Å². The first kappa shape index (κ1) is 14.3. The molecule has 3 N–H and O–H groups in total. The Hall–Kier alpha value is -2.27. The number of aromatic nitrogens is 2. The topological polar surface area (TPSA) is 71.1 Å². The number of piperidine rings is 1. The van der Waals surface area contributed by atoms with Crippen molar-refractivity contribution in [3.05, 3.63) is 47.5 Å². The number of hydrogen-bond donors (Lipinski definition) is 2. The lowest BCUT2D eigenvalue weighted by atomic mass is 9.93. The second-order valence-corrected chi connectivity index (χ2v) is 6.45. The number of likely N-dealkylation sites (tertiary alicyclic amines) is 1. The number of nitrogens with one attached hydrogen (secondary N) is 1. The number of nitrogen functional groups attached to an aromatic ring is 1. The monoisotopic (exact) mass is 310 g/mol. The third-order valence-electron chi connectivity index (χ3n) is 4.90. The van der Waals surface area contributed by atoms with Crippen LogP contribution < -0.4 is 5.73 Å². The summed E-state index contributed by atoms with van der Waals surface area (Å²) in [4.78, 5) is 2.50. The van der Waals surface area contributed by atoms with Gasteiger partial charge in [0.2, 0.25) is 0 Å². The minimum absolute atomic E-state index is 0.435. The van der Waals surface area contributed by atoms with Gasteiger partial charge in [-0.1, -0.05) is 18.2 Å². The third kappa shape index (κ3) is 2.61. The molecular formula is C18H22N4O. The highest BCUT2D eigenvalue weighted by molar-refractivity contribution is 5.82. The summed E-state index contributed by atoms with van der Waals surface area (Å²) in [6.45, 7) is 5.10. The molecule has 1 atom stereocenters. The van der Waals surface area contributed by atoms with Gasteiger partial charge in [0.05, 0.1) is 17.6 Å². The van der Waals surface area contributed by atoms with Crippen molar-refractivity contribution in [3.63, 3.8) is 0 Å². The van der Waals surface area contributed by atoms with Gasteiger partial charge < -0.3 is 10.2 Å². The van der Waals surface area contributed by atoms with E-state index in [0.29, 0.717) is 5.92 Å². The Morgan fingerprint density at radius 3 is 3.09 bits per heavy atom. The Morgan fingerprint density at radius 1 is 1.39 bits per heavy atom. The van der Waals surface area contributed by atoms with Crippen LogP contribution in [0, 0.1) is 6.92 Å². The van der Waals surface area contributed by atoms with Crippen molar-refractivity contribution in [1.82, 2.24) is 15.1 Å². The van der Waals surface area contributed by atoms with E-state index >= 15 is 0 Å². The van der Waals surface area contributed by atoms with Gasteiger partial charge in [0, 0.05) is 30.0 Å². The van der Waals surface area contributed by atoms with Crippen LogP contribution in [0.15, 0.2) is 34.9 Å². The highest BCUT2D eigenvalue weighted by atomic mass is 16.3. The van der Waals surface area contributed by atoms with E-state index in [1.807, 2.05) is 12.1 Å². The maximum atomic E-state index is 6.02. The largest absolute Gasteiger partial charge is 0.461 e. The molecule has 3 aromatic rings.